The van der Waals surface area contributed by atoms with Crippen LogP contribution in [0.25, 0.3) is 0 Å². The van der Waals surface area contributed by atoms with E-state index in [1.165, 1.54) is 0 Å². The fourth-order valence-electron chi connectivity index (χ4n) is 1.93. The minimum Gasteiger partial charge on any atom is -0.472 e. The second-order valence-corrected chi connectivity index (χ2v) is 4.34. The SMILES string of the molecule is CCc1cc(C#N)c(OCc2ccccc2)nc1CO. The molecular formula is C16H16N2O2. The Hall–Kier alpha value is -2.38. The zero-order valence-electron chi connectivity index (χ0n) is 11.3. The fourth-order valence-corrected chi connectivity index (χ4v) is 1.93. The molecule has 0 spiro atoms. The van der Waals surface area contributed by atoms with Gasteiger partial charge in [0, 0.05) is 0 Å². The molecule has 0 atom stereocenters. The van der Waals surface area contributed by atoms with Crippen LogP contribution in [0.4, 0.5) is 0 Å². The van der Waals surface area contributed by atoms with Crippen LogP contribution in [-0.2, 0) is 19.6 Å². The van der Waals surface area contributed by atoms with Gasteiger partial charge < -0.3 is 9.84 Å². The van der Waals surface area contributed by atoms with E-state index in [9.17, 15) is 5.11 Å². The smallest absolute Gasteiger partial charge is 0.232 e. The number of aryl methyl sites for hydroxylation is 1. The monoisotopic (exact) mass is 268 g/mol. The zero-order chi connectivity index (χ0) is 14.4. The maximum atomic E-state index is 9.32. The molecule has 0 aliphatic carbocycles. The number of hydrogen-bond donors (Lipinski definition) is 1. The summed E-state index contributed by atoms with van der Waals surface area (Å²) in [6, 6.07) is 13.5. The van der Waals surface area contributed by atoms with Crippen LogP contribution in [0.2, 0.25) is 0 Å². The van der Waals surface area contributed by atoms with Gasteiger partial charge in [-0.05, 0) is 23.6 Å². The molecule has 0 unspecified atom stereocenters. The van der Waals surface area contributed by atoms with Crippen molar-refractivity contribution in [1.82, 2.24) is 4.98 Å². The second kappa shape index (κ2) is 6.69. The third kappa shape index (κ3) is 3.14. The first-order chi connectivity index (χ1) is 9.78. The normalized spacial score (nSPS) is 10.1. The third-order valence-electron chi connectivity index (χ3n) is 3.03. The Kier molecular flexibility index (Phi) is 4.70. The quantitative estimate of drug-likeness (QED) is 0.905. The van der Waals surface area contributed by atoms with Crippen molar-refractivity contribution in [3.8, 4) is 11.9 Å². The van der Waals surface area contributed by atoms with Gasteiger partial charge in [-0.25, -0.2) is 4.98 Å². The average Bonchev–Trinajstić information content (AvgIpc) is 2.52. The molecule has 0 saturated heterocycles. The van der Waals surface area contributed by atoms with Gasteiger partial charge in [-0.3, -0.25) is 0 Å². The van der Waals surface area contributed by atoms with Crippen LogP contribution in [0, 0.1) is 11.3 Å². The second-order valence-electron chi connectivity index (χ2n) is 4.34. The van der Waals surface area contributed by atoms with E-state index in [4.69, 9.17) is 10.00 Å². The predicted molar refractivity (Wildman–Crippen MR) is 75.0 cm³/mol. The van der Waals surface area contributed by atoms with Gasteiger partial charge >= 0.3 is 0 Å². The fraction of sp³-hybridized carbons (Fsp3) is 0.250. The molecule has 0 amide bonds. The minimum atomic E-state index is -0.156. The lowest BCUT2D eigenvalue weighted by molar-refractivity contribution is 0.264. The largest absolute Gasteiger partial charge is 0.472 e. The molecule has 2 aromatic rings. The summed E-state index contributed by atoms with van der Waals surface area (Å²) in [6.45, 7) is 2.15. The molecule has 2 rings (SSSR count). The number of ether oxygens (including phenoxy) is 1. The van der Waals surface area contributed by atoms with Crippen LogP contribution in [0.3, 0.4) is 0 Å². The predicted octanol–water partition coefficient (Wildman–Crippen LogP) is 2.59. The van der Waals surface area contributed by atoms with Crippen LogP contribution < -0.4 is 4.74 Å². The van der Waals surface area contributed by atoms with Crippen molar-refractivity contribution in [2.24, 2.45) is 0 Å². The Morgan fingerprint density at radius 2 is 2.05 bits per heavy atom. The number of nitrogens with zero attached hydrogens (tertiary/aromatic N) is 2. The average molecular weight is 268 g/mol. The molecule has 4 nitrogen and oxygen atoms in total. The summed E-state index contributed by atoms with van der Waals surface area (Å²) in [6.07, 6.45) is 0.719. The maximum Gasteiger partial charge on any atom is 0.232 e. The van der Waals surface area contributed by atoms with E-state index in [1.807, 2.05) is 37.3 Å². The summed E-state index contributed by atoms with van der Waals surface area (Å²) in [7, 11) is 0. The summed E-state index contributed by atoms with van der Waals surface area (Å²) in [5.74, 6) is 0.276. The summed E-state index contributed by atoms with van der Waals surface area (Å²) >= 11 is 0. The lowest BCUT2D eigenvalue weighted by Gasteiger charge is -2.11. The molecule has 102 valence electrons. The Morgan fingerprint density at radius 1 is 1.30 bits per heavy atom. The van der Waals surface area contributed by atoms with Crippen molar-refractivity contribution in [3.05, 3.63) is 58.8 Å². The highest BCUT2D eigenvalue weighted by molar-refractivity contribution is 5.42. The van der Waals surface area contributed by atoms with Crippen LogP contribution in [0.5, 0.6) is 5.88 Å². The molecule has 0 saturated carbocycles. The first kappa shape index (κ1) is 14.0. The van der Waals surface area contributed by atoms with Gasteiger partial charge in [0.05, 0.1) is 12.3 Å². The van der Waals surface area contributed by atoms with Gasteiger partial charge in [-0.1, -0.05) is 37.3 Å². The molecule has 4 heteroatoms. The van der Waals surface area contributed by atoms with E-state index < -0.39 is 0 Å². The first-order valence-corrected chi connectivity index (χ1v) is 6.49. The number of rotatable bonds is 5. The molecule has 0 aliphatic heterocycles. The van der Waals surface area contributed by atoms with Crippen LogP contribution >= 0.6 is 0 Å². The number of benzene rings is 1. The van der Waals surface area contributed by atoms with E-state index in [0.29, 0.717) is 17.9 Å². The highest BCUT2D eigenvalue weighted by atomic mass is 16.5. The summed E-state index contributed by atoms with van der Waals surface area (Å²) in [4.78, 5) is 4.25. The number of aliphatic hydroxyl groups excluding tert-OH is 1. The highest BCUT2D eigenvalue weighted by Crippen LogP contribution is 2.21. The Balaban J connectivity index is 2.24. The van der Waals surface area contributed by atoms with Gasteiger partial charge in [0.1, 0.15) is 18.2 Å². The van der Waals surface area contributed by atoms with Crippen molar-refractivity contribution >= 4 is 0 Å². The number of aliphatic hydroxyl groups is 1. The lowest BCUT2D eigenvalue weighted by atomic mass is 10.1. The lowest BCUT2D eigenvalue weighted by Crippen LogP contribution is -2.04. The number of aromatic nitrogens is 1. The van der Waals surface area contributed by atoms with Gasteiger partial charge in [-0.15, -0.1) is 0 Å². The van der Waals surface area contributed by atoms with Crippen LogP contribution in [0.1, 0.15) is 29.3 Å². The molecule has 1 heterocycles. The molecule has 0 aliphatic rings. The molecular weight excluding hydrogens is 252 g/mol. The highest BCUT2D eigenvalue weighted by Gasteiger charge is 2.11. The van der Waals surface area contributed by atoms with Crippen molar-refractivity contribution in [2.45, 2.75) is 26.6 Å². The molecule has 20 heavy (non-hydrogen) atoms. The van der Waals surface area contributed by atoms with E-state index in [2.05, 4.69) is 11.1 Å². The van der Waals surface area contributed by atoms with Gasteiger partial charge in [0.15, 0.2) is 0 Å². The number of hydrogen-bond acceptors (Lipinski definition) is 4. The van der Waals surface area contributed by atoms with E-state index in [-0.39, 0.29) is 12.5 Å². The summed E-state index contributed by atoms with van der Waals surface area (Å²) in [5.41, 5.74) is 2.84. The molecule has 1 N–H and O–H groups in total. The van der Waals surface area contributed by atoms with E-state index in [1.54, 1.807) is 6.07 Å². The molecule has 0 radical (unpaired) electrons. The van der Waals surface area contributed by atoms with Crippen molar-refractivity contribution in [3.63, 3.8) is 0 Å². The maximum absolute atomic E-state index is 9.32. The first-order valence-electron chi connectivity index (χ1n) is 6.49. The number of nitriles is 1. The Bertz CT molecular complexity index is 618. The van der Waals surface area contributed by atoms with Gasteiger partial charge in [-0.2, -0.15) is 5.26 Å². The molecule has 1 aromatic heterocycles. The number of pyridine rings is 1. The topological polar surface area (TPSA) is 66.1 Å². The standard InChI is InChI=1S/C16H16N2O2/c1-2-13-8-14(9-17)16(18-15(13)10-19)20-11-12-6-4-3-5-7-12/h3-8,19H,2,10-11H2,1H3. The van der Waals surface area contributed by atoms with Gasteiger partial charge in [0.2, 0.25) is 5.88 Å². The third-order valence-corrected chi connectivity index (χ3v) is 3.03. The summed E-state index contributed by atoms with van der Waals surface area (Å²) < 4.78 is 5.61. The molecule has 1 aromatic carbocycles. The zero-order valence-corrected chi connectivity index (χ0v) is 11.3. The van der Waals surface area contributed by atoms with Gasteiger partial charge in [0.25, 0.3) is 0 Å². The summed E-state index contributed by atoms with van der Waals surface area (Å²) in [5, 5.41) is 18.5. The Labute approximate surface area is 118 Å². The van der Waals surface area contributed by atoms with E-state index >= 15 is 0 Å². The van der Waals surface area contributed by atoms with Crippen molar-refractivity contribution in [1.29, 1.82) is 5.26 Å². The van der Waals surface area contributed by atoms with Crippen molar-refractivity contribution < 1.29 is 9.84 Å². The molecule has 0 bridgehead atoms. The van der Waals surface area contributed by atoms with Crippen LogP contribution in [0.15, 0.2) is 36.4 Å². The molecule has 0 fully saturated rings. The van der Waals surface area contributed by atoms with E-state index in [0.717, 1.165) is 17.5 Å². The van der Waals surface area contributed by atoms with Crippen LogP contribution in [-0.4, -0.2) is 10.1 Å². The van der Waals surface area contributed by atoms with Crippen molar-refractivity contribution in [2.75, 3.05) is 0 Å². The Morgan fingerprint density at radius 3 is 2.65 bits per heavy atom. The minimum absolute atomic E-state index is 0.156.